The molecule has 1 saturated heterocycles. The Morgan fingerprint density at radius 1 is 1.15 bits per heavy atom. The van der Waals surface area contributed by atoms with E-state index in [0.29, 0.717) is 12.5 Å². The molecule has 2 aromatic rings. The Hall–Kier alpha value is -2.53. The van der Waals surface area contributed by atoms with Crippen LogP contribution >= 0.6 is 0 Å². The van der Waals surface area contributed by atoms with Crippen molar-refractivity contribution in [2.45, 2.75) is 19.1 Å². The molecule has 0 aromatic heterocycles. The summed E-state index contributed by atoms with van der Waals surface area (Å²) in [6.07, 6.45) is 1.04. The molecule has 2 aromatic carbocycles. The number of fused-ring (bicyclic) bond motifs is 1. The summed E-state index contributed by atoms with van der Waals surface area (Å²) in [7, 11) is 3.86. The van der Waals surface area contributed by atoms with Crippen molar-refractivity contribution < 1.29 is 9.47 Å². The van der Waals surface area contributed by atoms with Crippen LogP contribution in [0.5, 0.6) is 11.5 Å². The normalized spacial score (nSPS) is 22.3. The number of nitrogens with one attached hydrogen (secondary N) is 1. The fourth-order valence-electron chi connectivity index (χ4n) is 3.74. The van der Waals surface area contributed by atoms with Gasteiger partial charge >= 0.3 is 0 Å². The summed E-state index contributed by atoms with van der Waals surface area (Å²) in [5, 5.41) is 4.57. The molecule has 0 saturated carbocycles. The van der Waals surface area contributed by atoms with Gasteiger partial charge in [-0.05, 0) is 30.3 Å². The third-order valence-electron chi connectivity index (χ3n) is 5.22. The second-order valence-corrected chi connectivity index (χ2v) is 7.01. The minimum atomic E-state index is 0.199. The molecule has 0 aliphatic carbocycles. The van der Waals surface area contributed by atoms with Crippen LogP contribution in [0.3, 0.4) is 0 Å². The molecule has 2 heterocycles. The molecule has 4 rings (SSSR count). The Morgan fingerprint density at radius 3 is 2.81 bits per heavy atom. The largest absolute Gasteiger partial charge is 0.493 e. The Morgan fingerprint density at radius 2 is 2.00 bits per heavy atom. The van der Waals surface area contributed by atoms with E-state index < -0.39 is 0 Å². The molecular weight excluding hydrogens is 326 g/mol. The van der Waals surface area contributed by atoms with Crippen LogP contribution in [0, 0.1) is 5.92 Å². The predicted molar refractivity (Wildman–Crippen MR) is 103 cm³/mol. The summed E-state index contributed by atoms with van der Waals surface area (Å²) in [5.41, 5.74) is 6.94. The molecule has 5 nitrogen and oxygen atoms in total. The Bertz CT molecular complexity index is 791. The molecule has 1 N–H and O–H groups in total. The van der Waals surface area contributed by atoms with Crippen LogP contribution in [0.4, 0.5) is 0 Å². The van der Waals surface area contributed by atoms with Crippen molar-refractivity contribution in [2.24, 2.45) is 11.0 Å². The highest BCUT2D eigenvalue weighted by molar-refractivity contribution is 5.89. The number of hydrogen-bond acceptors (Lipinski definition) is 5. The lowest BCUT2D eigenvalue weighted by molar-refractivity contribution is 0.271. The number of methoxy groups -OCH3 is 1. The van der Waals surface area contributed by atoms with Crippen LogP contribution in [0.25, 0.3) is 0 Å². The van der Waals surface area contributed by atoms with Gasteiger partial charge in [0.1, 0.15) is 6.61 Å². The quantitative estimate of drug-likeness (QED) is 0.898. The third kappa shape index (κ3) is 3.40. The Balaban J connectivity index is 1.50. The van der Waals surface area contributed by atoms with Crippen molar-refractivity contribution in [3.8, 4) is 11.5 Å². The molecule has 26 heavy (non-hydrogen) atoms. The highest BCUT2D eigenvalue weighted by Crippen LogP contribution is 2.36. The van der Waals surface area contributed by atoms with E-state index in [-0.39, 0.29) is 6.04 Å². The molecule has 2 aliphatic heterocycles. The smallest absolute Gasteiger partial charge is 0.161 e. The van der Waals surface area contributed by atoms with Crippen LogP contribution < -0.4 is 14.9 Å². The van der Waals surface area contributed by atoms with Gasteiger partial charge in [-0.3, -0.25) is 0 Å². The first kappa shape index (κ1) is 16.9. The van der Waals surface area contributed by atoms with Gasteiger partial charge in [0.2, 0.25) is 0 Å². The first-order chi connectivity index (χ1) is 12.7. The van der Waals surface area contributed by atoms with Crippen molar-refractivity contribution in [1.82, 2.24) is 10.3 Å². The lowest BCUT2D eigenvalue weighted by Gasteiger charge is -2.31. The number of piperidine rings is 1. The number of rotatable bonds is 5. The lowest BCUT2D eigenvalue weighted by atomic mass is 9.86. The summed E-state index contributed by atoms with van der Waals surface area (Å²) in [6, 6.07) is 16.6. The number of hydrogen-bond donors (Lipinski definition) is 1. The van der Waals surface area contributed by atoms with Gasteiger partial charge in [0.05, 0.1) is 13.2 Å². The molecule has 0 amide bonds. The molecule has 0 bridgehead atoms. The summed E-state index contributed by atoms with van der Waals surface area (Å²) in [4.78, 5) is 2.37. The molecule has 0 radical (unpaired) electrons. The van der Waals surface area contributed by atoms with E-state index in [9.17, 15) is 0 Å². The minimum Gasteiger partial charge on any atom is -0.493 e. The van der Waals surface area contributed by atoms with Crippen molar-refractivity contribution >= 4 is 5.71 Å². The molecule has 1 fully saturated rings. The fraction of sp³-hybridized carbons (Fsp3) is 0.381. The van der Waals surface area contributed by atoms with Crippen molar-refractivity contribution in [3.63, 3.8) is 0 Å². The third-order valence-corrected chi connectivity index (χ3v) is 5.22. The highest BCUT2D eigenvalue weighted by atomic mass is 16.5. The average molecular weight is 351 g/mol. The SMILES string of the molecule is COc1cc(C2NN=C3CCN(C)CC32)ccc1OCc1ccccc1. The summed E-state index contributed by atoms with van der Waals surface area (Å²) in [6.45, 7) is 2.64. The average Bonchev–Trinajstić information content (AvgIpc) is 3.10. The minimum absolute atomic E-state index is 0.199. The zero-order valence-corrected chi connectivity index (χ0v) is 15.3. The second kappa shape index (κ2) is 7.38. The van der Waals surface area contributed by atoms with E-state index in [1.807, 2.05) is 24.3 Å². The zero-order chi connectivity index (χ0) is 17.9. The number of benzene rings is 2. The summed E-state index contributed by atoms with van der Waals surface area (Å²) >= 11 is 0. The van der Waals surface area contributed by atoms with Gasteiger partial charge in [-0.15, -0.1) is 0 Å². The highest BCUT2D eigenvalue weighted by Gasteiger charge is 2.36. The van der Waals surface area contributed by atoms with Crippen LogP contribution in [0.15, 0.2) is 53.6 Å². The zero-order valence-electron chi connectivity index (χ0n) is 15.3. The van der Waals surface area contributed by atoms with Crippen molar-refractivity contribution in [3.05, 3.63) is 59.7 Å². The van der Waals surface area contributed by atoms with Crippen LogP contribution in [-0.2, 0) is 6.61 Å². The Kier molecular flexibility index (Phi) is 4.80. The van der Waals surface area contributed by atoms with E-state index in [1.165, 1.54) is 11.3 Å². The molecule has 2 unspecified atom stereocenters. The van der Waals surface area contributed by atoms with Crippen LogP contribution in [-0.4, -0.2) is 37.9 Å². The van der Waals surface area contributed by atoms with E-state index in [4.69, 9.17) is 9.47 Å². The number of likely N-dealkylation sites (tertiary alicyclic amines) is 1. The van der Waals surface area contributed by atoms with Gasteiger partial charge < -0.3 is 19.8 Å². The first-order valence-electron chi connectivity index (χ1n) is 9.10. The lowest BCUT2D eigenvalue weighted by Crippen LogP contribution is -2.39. The second-order valence-electron chi connectivity index (χ2n) is 7.01. The Labute approximate surface area is 154 Å². The number of nitrogens with zero attached hydrogens (tertiary/aromatic N) is 2. The summed E-state index contributed by atoms with van der Waals surface area (Å²) < 4.78 is 11.6. The molecule has 0 spiro atoms. The van der Waals surface area contributed by atoms with Crippen molar-refractivity contribution in [1.29, 1.82) is 0 Å². The molecular formula is C21H25N3O2. The predicted octanol–water partition coefficient (Wildman–Crippen LogP) is 3.23. The van der Waals surface area contributed by atoms with Gasteiger partial charge in [-0.25, -0.2) is 0 Å². The monoisotopic (exact) mass is 351 g/mol. The molecule has 5 heteroatoms. The molecule has 136 valence electrons. The maximum Gasteiger partial charge on any atom is 0.161 e. The van der Waals surface area contributed by atoms with E-state index in [2.05, 4.69) is 46.7 Å². The van der Waals surface area contributed by atoms with Crippen LogP contribution in [0.1, 0.15) is 23.6 Å². The molecule has 2 atom stereocenters. The first-order valence-corrected chi connectivity index (χ1v) is 9.10. The van der Waals surface area contributed by atoms with Gasteiger partial charge in [0.25, 0.3) is 0 Å². The topological polar surface area (TPSA) is 46.1 Å². The van der Waals surface area contributed by atoms with Gasteiger partial charge in [0, 0.05) is 31.1 Å². The summed E-state index contributed by atoms with van der Waals surface area (Å²) in [5.74, 6) is 1.95. The van der Waals surface area contributed by atoms with E-state index in [0.717, 1.165) is 36.6 Å². The number of ether oxygens (including phenoxy) is 2. The standard InChI is InChI=1S/C21H25N3O2/c1-24-11-10-18-17(13-24)21(23-22-18)16-8-9-19(20(12-16)25-2)26-14-15-6-4-3-5-7-15/h3-9,12,17,21,23H,10-11,13-14H2,1-2H3. The van der Waals surface area contributed by atoms with E-state index in [1.54, 1.807) is 7.11 Å². The maximum atomic E-state index is 5.97. The van der Waals surface area contributed by atoms with Gasteiger partial charge in [-0.1, -0.05) is 36.4 Å². The van der Waals surface area contributed by atoms with Gasteiger partial charge in [-0.2, -0.15) is 5.10 Å². The molecule has 2 aliphatic rings. The van der Waals surface area contributed by atoms with E-state index >= 15 is 0 Å². The van der Waals surface area contributed by atoms with Crippen molar-refractivity contribution in [2.75, 3.05) is 27.2 Å². The fourth-order valence-corrected chi connectivity index (χ4v) is 3.74. The van der Waals surface area contributed by atoms with Crippen LogP contribution in [0.2, 0.25) is 0 Å². The van der Waals surface area contributed by atoms with Gasteiger partial charge in [0.15, 0.2) is 11.5 Å². The maximum absolute atomic E-state index is 5.97. The number of hydrazone groups is 1.